The van der Waals surface area contributed by atoms with E-state index in [-0.39, 0.29) is 0 Å². The standard InChI is InChI=1S/C9H9F3N2O3S/c10-9(11,12)6-1-3-7(4-2-6)18(16,17)14-8(15)5-13/h1-4H,5,13H2,(H,14,15). The minimum Gasteiger partial charge on any atom is -0.322 e. The molecule has 0 aliphatic carbocycles. The summed E-state index contributed by atoms with van der Waals surface area (Å²) >= 11 is 0. The SMILES string of the molecule is NCC(=O)NS(=O)(=O)c1ccc(C(F)(F)F)cc1. The van der Waals surface area contributed by atoms with E-state index in [1.165, 1.54) is 0 Å². The molecule has 1 aromatic rings. The zero-order valence-electron chi connectivity index (χ0n) is 8.86. The fourth-order valence-electron chi connectivity index (χ4n) is 1.07. The van der Waals surface area contributed by atoms with Gasteiger partial charge in [0.05, 0.1) is 17.0 Å². The molecule has 0 bridgehead atoms. The van der Waals surface area contributed by atoms with Gasteiger partial charge in [-0.25, -0.2) is 13.1 Å². The van der Waals surface area contributed by atoms with E-state index in [2.05, 4.69) is 0 Å². The maximum atomic E-state index is 12.2. The first-order valence-corrected chi connectivity index (χ1v) is 6.08. The van der Waals surface area contributed by atoms with Crippen molar-refractivity contribution in [2.24, 2.45) is 5.73 Å². The number of hydrogen-bond acceptors (Lipinski definition) is 4. The summed E-state index contributed by atoms with van der Waals surface area (Å²) in [4.78, 5) is 10.4. The highest BCUT2D eigenvalue weighted by molar-refractivity contribution is 7.90. The highest BCUT2D eigenvalue weighted by Crippen LogP contribution is 2.29. The molecule has 0 heterocycles. The largest absolute Gasteiger partial charge is 0.416 e. The van der Waals surface area contributed by atoms with Crippen molar-refractivity contribution < 1.29 is 26.4 Å². The lowest BCUT2D eigenvalue weighted by atomic mass is 10.2. The average Bonchev–Trinajstić information content (AvgIpc) is 2.27. The molecular weight excluding hydrogens is 273 g/mol. The van der Waals surface area contributed by atoms with E-state index in [0.29, 0.717) is 12.1 Å². The van der Waals surface area contributed by atoms with Crippen molar-refractivity contribution in [1.82, 2.24) is 4.72 Å². The maximum Gasteiger partial charge on any atom is 0.416 e. The van der Waals surface area contributed by atoms with Crippen LogP contribution in [0.1, 0.15) is 5.56 Å². The number of sulfonamides is 1. The molecule has 0 saturated heterocycles. The summed E-state index contributed by atoms with van der Waals surface area (Å²) in [7, 11) is -4.18. The summed E-state index contributed by atoms with van der Waals surface area (Å²) in [5.74, 6) is -0.949. The van der Waals surface area contributed by atoms with E-state index in [1.54, 1.807) is 4.72 Å². The first-order valence-electron chi connectivity index (χ1n) is 4.60. The van der Waals surface area contributed by atoms with Gasteiger partial charge in [-0.05, 0) is 24.3 Å². The van der Waals surface area contributed by atoms with E-state index in [9.17, 15) is 26.4 Å². The molecular formula is C9H9F3N2O3S. The third-order valence-corrected chi connectivity index (χ3v) is 3.31. The molecule has 1 rings (SSSR count). The van der Waals surface area contributed by atoms with Gasteiger partial charge >= 0.3 is 6.18 Å². The number of halogens is 3. The van der Waals surface area contributed by atoms with Crippen molar-refractivity contribution in [3.63, 3.8) is 0 Å². The van der Waals surface area contributed by atoms with Gasteiger partial charge in [0.2, 0.25) is 5.91 Å². The monoisotopic (exact) mass is 282 g/mol. The average molecular weight is 282 g/mol. The maximum absolute atomic E-state index is 12.2. The molecule has 0 fully saturated rings. The van der Waals surface area contributed by atoms with Crippen molar-refractivity contribution in [3.05, 3.63) is 29.8 Å². The number of rotatable bonds is 3. The Hall–Kier alpha value is -1.61. The molecule has 9 heteroatoms. The number of nitrogens with two attached hydrogens (primary N) is 1. The van der Waals surface area contributed by atoms with Crippen molar-refractivity contribution in [3.8, 4) is 0 Å². The Labute approximate surface area is 101 Å². The number of carbonyl (C=O) groups excluding carboxylic acids is 1. The number of carbonyl (C=O) groups is 1. The molecule has 1 amide bonds. The van der Waals surface area contributed by atoms with Gasteiger partial charge < -0.3 is 5.73 Å². The zero-order chi connectivity index (χ0) is 14.0. The first-order chi connectivity index (χ1) is 8.16. The Balaban J connectivity index is 3.02. The number of nitrogens with one attached hydrogen (secondary N) is 1. The Kier molecular flexibility index (Phi) is 3.97. The summed E-state index contributed by atoms with van der Waals surface area (Å²) in [6, 6.07) is 2.74. The van der Waals surface area contributed by atoms with Gasteiger partial charge in [-0.2, -0.15) is 13.2 Å². The summed E-state index contributed by atoms with van der Waals surface area (Å²) in [5, 5.41) is 0. The predicted octanol–water partition coefficient (Wildman–Crippen LogP) is 0.469. The Morgan fingerprint density at radius 3 is 2.11 bits per heavy atom. The lowest BCUT2D eigenvalue weighted by molar-refractivity contribution is -0.137. The second-order valence-corrected chi connectivity index (χ2v) is 4.94. The van der Waals surface area contributed by atoms with E-state index >= 15 is 0 Å². The smallest absolute Gasteiger partial charge is 0.322 e. The second kappa shape index (κ2) is 4.94. The van der Waals surface area contributed by atoms with Crippen LogP contribution in [0.25, 0.3) is 0 Å². The molecule has 0 aliphatic heterocycles. The van der Waals surface area contributed by atoms with Gasteiger partial charge in [-0.3, -0.25) is 4.79 Å². The highest BCUT2D eigenvalue weighted by atomic mass is 32.2. The summed E-state index contributed by atoms with van der Waals surface area (Å²) in [5.41, 5.74) is 3.93. The Morgan fingerprint density at radius 1 is 1.22 bits per heavy atom. The van der Waals surface area contributed by atoms with Crippen LogP contribution in [0.4, 0.5) is 13.2 Å². The van der Waals surface area contributed by atoms with Crippen LogP contribution in [0.5, 0.6) is 0 Å². The van der Waals surface area contributed by atoms with Crippen molar-refractivity contribution in [2.75, 3.05) is 6.54 Å². The van der Waals surface area contributed by atoms with Gasteiger partial charge in [-0.1, -0.05) is 0 Å². The fourth-order valence-corrected chi connectivity index (χ4v) is 2.07. The van der Waals surface area contributed by atoms with Gasteiger partial charge in [0.25, 0.3) is 10.0 Å². The number of hydrogen-bond donors (Lipinski definition) is 2. The molecule has 0 saturated carbocycles. The van der Waals surface area contributed by atoms with Crippen LogP contribution in [0, 0.1) is 0 Å². The third-order valence-electron chi connectivity index (χ3n) is 1.93. The van der Waals surface area contributed by atoms with E-state index in [4.69, 9.17) is 5.73 Å². The molecule has 5 nitrogen and oxygen atoms in total. The number of alkyl halides is 3. The van der Waals surface area contributed by atoms with E-state index < -0.39 is 39.1 Å². The number of amides is 1. The van der Waals surface area contributed by atoms with Crippen molar-refractivity contribution >= 4 is 15.9 Å². The molecule has 1 aromatic carbocycles. The molecule has 0 atom stereocenters. The normalized spacial score (nSPS) is 12.2. The van der Waals surface area contributed by atoms with Crippen LogP contribution in [-0.4, -0.2) is 20.9 Å². The molecule has 0 spiro atoms. The minimum absolute atomic E-state index is 0.447. The lowest BCUT2D eigenvalue weighted by Crippen LogP contribution is -2.35. The molecule has 0 aromatic heterocycles. The van der Waals surface area contributed by atoms with E-state index in [1.807, 2.05) is 0 Å². The predicted molar refractivity (Wildman–Crippen MR) is 55.8 cm³/mol. The summed E-state index contributed by atoms with van der Waals surface area (Å²) in [6.45, 7) is -0.542. The van der Waals surface area contributed by atoms with Crippen LogP contribution in [0.15, 0.2) is 29.2 Å². The Morgan fingerprint density at radius 2 is 1.72 bits per heavy atom. The van der Waals surface area contributed by atoms with Crippen molar-refractivity contribution in [1.29, 1.82) is 0 Å². The van der Waals surface area contributed by atoms with Crippen LogP contribution >= 0.6 is 0 Å². The van der Waals surface area contributed by atoms with Crippen LogP contribution in [0.3, 0.4) is 0 Å². The topological polar surface area (TPSA) is 89.3 Å². The summed E-state index contributed by atoms with van der Waals surface area (Å²) in [6.07, 6.45) is -4.55. The minimum atomic E-state index is -4.55. The fraction of sp³-hybridized carbons (Fsp3) is 0.222. The van der Waals surface area contributed by atoms with Gasteiger partial charge in [-0.15, -0.1) is 0 Å². The third kappa shape index (κ3) is 3.44. The molecule has 18 heavy (non-hydrogen) atoms. The number of benzene rings is 1. The highest BCUT2D eigenvalue weighted by Gasteiger charge is 2.30. The molecule has 0 unspecified atom stereocenters. The zero-order valence-corrected chi connectivity index (χ0v) is 9.68. The van der Waals surface area contributed by atoms with Gasteiger partial charge in [0.15, 0.2) is 0 Å². The van der Waals surface area contributed by atoms with Crippen LogP contribution in [0.2, 0.25) is 0 Å². The molecule has 0 aliphatic rings. The Bertz CT molecular complexity index is 537. The van der Waals surface area contributed by atoms with Crippen LogP contribution in [-0.2, 0) is 21.0 Å². The molecule has 0 radical (unpaired) electrons. The van der Waals surface area contributed by atoms with Crippen LogP contribution < -0.4 is 10.5 Å². The quantitative estimate of drug-likeness (QED) is 0.843. The van der Waals surface area contributed by atoms with Gasteiger partial charge in [0.1, 0.15) is 0 Å². The molecule has 100 valence electrons. The van der Waals surface area contributed by atoms with Crippen molar-refractivity contribution in [2.45, 2.75) is 11.1 Å². The second-order valence-electron chi connectivity index (χ2n) is 3.25. The van der Waals surface area contributed by atoms with Gasteiger partial charge in [0, 0.05) is 0 Å². The first kappa shape index (κ1) is 14.5. The summed E-state index contributed by atoms with van der Waals surface area (Å²) < 4.78 is 61.3. The van der Waals surface area contributed by atoms with E-state index in [0.717, 1.165) is 12.1 Å². The lowest BCUT2D eigenvalue weighted by Gasteiger charge is -2.08. The molecule has 3 N–H and O–H groups in total.